The van der Waals surface area contributed by atoms with Gasteiger partial charge in [0.15, 0.2) is 0 Å². The summed E-state index contributed by atoms with van der Waals surface area (Å²) in [5, 5.41) is 11.3. The number of carboxylic acids is 1. The third-order valence-corrected chi connectivity index (χ3v) is 2.42. The maximum Gasteiger partial charge on any atom is 0.304 e. The highest BCUT2D eigenvalue weighted by atomic mass is 16.5. The van der Waals surface area contributed by atoms with Crippen LogP contribution < -0.4 is 10.1 Å². The van der Waals surface area contributed by atoms with Crippen LogP contribution in [0.1, 0.15) is 27.2 Å². The summed E-state index contributed by atoms with van der Waals surface area (Å²) in [4.78, 5) is 22.2. The number of nitrogens with one attached hydrogen (secondary N) is 1. The summed E-state index contributed by atoms with van der Waals surface area (Å²) in [5.74, 6) is -1.13. The van der Waals surface area contributed by atoms with Gasteiger partial charge in [-0.1, -0.05) is 6.92 Å². The molecule has 0 bridgehead atoms. The fourth-order valence-electron chi connectivity index (χ4n) is 1.51. The van der Waals surface area contributed by atoms with Crippen LogP contribution in [0, 0.1) is 5.92 Å². The molecule has 0 saturated carbocycles. The van der Waals surface area contributed by atoms with Crippen molar-refractivity contribution in [3.63, 3.8) is 0 Å². The minimum Gasteiger partial charge on any atom is -0.491 e. The quantitative estimate of drug-likeness (QED) is 0.828. The van der Waals surface area contributed by atoms with Gasteiger partial charge in [0.05, 0.1) is 12.5 Å². The van der Waals surface area contributed by atoms with E-state index in [1.54, 1.807) is 31.2 Å². The van der Waals surface area contributed by atoms with Crippen molar-refractivity contribution in [3.8, 4) is 5.75 Å². The van der Waals surface area contributed by atoms with Crippen LogP contribution in [0.2, 0.25) is 0 Å². The van der Waals surface area contributed by atoms with Gasteiger partial charge in [-0.15, -0.1) is 0 Å². The zero-order valence-corrected chi connectivity index (χ0v) is 11.3. The molecule has 0 aromatic heterocycles. The van der Waals surface area contributed by atoms with Crippen molar-refractivity contribution in [1.29, 1.82) is 0 Å². The number of hydrogen-bond acceptors (Lipinski definition) is 3. The predicted octanol–water partition coefficient (Wildman–Crippen LogP) is 2.52. The highest BCUT2D eigenvalue weighted by molar-refractivity contribution is 5.94. The van der Waals surface area contributed by atoms with E-state index in [0.29, 0.717) is 5.69 Å². The van der Waals surface area contributed by atoms with Crippen molar-refractivity contribution in [2.75, 3.05) is 5.32 Å². The molecule has 2 N–H and O–H groups in total. The lowest BCUT2D eigenvalue weighted by Crippen LogP contribution is -2.22. The van der Waals surface area contributed by atoms with Crippen molar-refractivity contribution in [2.45, 2.75) is 33.3 Å². The van der Waals surface area contributed by atoms with Crippen LogP contribution in [0.25, 0.3) is 0 Å². The first-order valence-electron chi connectivity index (χ1n) is 6.18. The molecule has 1 unspecified atom stereocenters. The first kappa shape index (κ1) is 15.0. The molecule has 1 aromatic rings. The van der Waals surface area contributed by atoms with E-state index >= 15 is 0 Å². The first-order chi connectivity index (χ1) is 8.88. The third-order valence-electron chi connectivity index (χ3n) is 2.42. The van der Waals surface area contributed by atoms with E-state index in [0.717, 1.165) is 5.75 Å². The number of aliphatic carboxylic acids is 1. The molecule has 1 rings (SSSR count). The Hall–Kier alpha value is -2.04. The minimum absolute atomic E-state index is 0.0935. The van der Waals surface area contributed by atoms with Crippen LogP contribution in [0.4, 0.5) is 5.69 Å². The van der Waals surface area contributed by atoms with E-state index in [4.69, 9.17) is 9.84 Å². The summed E-state index contributed by atoms with van der Waals surface area (Å²) < 4.78 is 5.48. The van der Waals surface area contributed by atoms with Gasteiger partial charge in [-0.2, -0.15) is 0 Å². The molecule has 0 heterocycles. The molecule has 0 saturated heterocycles. The van der Waals surface area contributed by atoms with Crippen molar-refractivity contribution in [3.05, 3.63) is 24.3 Å². The van der Waals surface area contributed by atoms with E-state index in [1.165, 1.54) is 0 Å². The maximum atomic E-state index is 11.7. The zero-order chi connectivity index (χ0) is 14.4. The second-order valence-corrected chi connectivity index (χ2v) is 4.68. The lowest BCUT2D eigenvalue weighted by Gasteiger charge is -2.12. The Morgan fingerprint density at radius 1 is 1.21 bits per heavy atom. The van der Waals surface area contributed by atoms with Gasteiger partial charge in [-0.3, -0.25) is 9.59 Å². The van der Waals surface area contributed by atoms with Crippen LogP contribution >= 0.6 is 0 Å². The number of anilines is 1. The van der Waals surface area contributed by atoms with Gasteiger partial charge in [-0.05, 0) is 38.1 Å². The van der Waals surface area contributed by atoms with Gasteiger partial charge < -0.3 is 15.2 Å². The van der Waals surface area contributed by atoms with E-state index < -0.39 is 11.9 Å². The summed E-state index contributed by atoms with van der Waals surface area (Å²) in [5.41, 5.74) is 0.623. The standard InChI is InChI=1S/C14H19NO4/c1-9(2)19-12-6-4-11(5-7-12)15-14(18)10(3)8-13(16)17/h4-7,9-10H,8H2,1-3H3,(H,15,18)(H,16,17). The second kappa shape index (κ2) is 6.78. The Labute approximate surface area is 112 Å². The number of carbonyl (C=O) groups is 2. The van der Waals surface area contributed by atoms with Gasteiger partial charge in [0.2, 0.25) is 5.91 Å². The van der Waals surface area contributed by atoms with Crippen LogP contribution in [0.5, 0.6) is 5.75 Å². The molecule has 0 fully saturated rings. The molecular weight excluding hydrogens is 246 g/mol. The summed E-state index contributed by atoms with van der Waals surface area (Å²) in [7, 11) is 0. The molecule has 1 aromatic carbocycles. The van der Waals surface area contributed by atoms with E-state index in [1.807, 2.05) is 13.8 Å². The van der Waals surface area contributed by atoms with Crippen LogP contribution in [0.15, 0.2) is 24.3 Å². The summed E-state index contributed by atoms with van der Waals surface area (Å²) in [6.45, 7) is 5.45. The molecule has 0 aliphatic rings. The molecule has 19 heavy (non-hydrogen) atoms. The van der Waals surface area contributed by atoms with Crippen molar-refractivity contribution >= 4 is 17.6 Å². The Morgan fingerprint density at radius 3 is 2.26 bits per heavy atom. The number of hydrogen-bond donors (Lipinski definition) is 2. The van der Waals surface area contributed by atoms with Crippen molar-refractivity contribution in [2.24, 2.45) is 5.92 Å². The third kappa shape index (κ3) is 5.42. The Morgan fingerprint density at radius 2 is 1.79 bits per heavy atom. The topological polar surface area (TPSA) is 75.6 Å². The number of ether oxygens (including phenoxy) is 1. The summed E-state index contributed by atoms with van der Waals surface area (Å²) in [6, 6.07) is 6.97. The van der Waals surface area contributed by atoms with E-state index in [9.17, 15) is 9.59 Å². The second-order valence-electron chi connectivity index (χ2n) is 4.68. The Bertz CT molecular complexity index is 439. The van der Waals surface area contributed by atoms with Crippen LogP contribution in [0.3, 0.4) is 0 Å². The number of carbonyl (C=O) groups excluding carboxylic acids is 1. The van der Waals surface area contributed by atoms with Gasteiger partial charge in [0, 0.05) is 11.6 Å². The molecule has 0 aliphatic carbocycles. The fourth-order valence-corrected chi connectivity index (χ4v) is 1.51. The minimum atomic E-state index is -0.983. The van der Waals surface area contributed by atoms with Crippen molar-refractivity contribution < 1.29 is 19.4 Å². The van der Waals surface area contributed by atoms with Crippen molar-refractivity contribution in [1.82, 2.24) is 0 Å². The molecule has 1 atom stereocenters. The van der Waals surface area contributed by atoms with Gasteiger partial charge in [-0.25, -0.2) is 0 Å². The molecule has 5 heteroatoms. The fraction of sp³-hybridized carbons (Fsp3) is 0.429. The van der Waals surface area contributed by atoms with Gasteiger partial charge in [0.1, 0.15) is 5.75 Å². The number of rotatable bonds is 6. The molecule has 1 amide bonds. The highest BCUT2D eigenvalue weighted by Crippen LogP contribution is 2.17. The molecule has 5 nitrogen and oxygen atoms in total. The van der Waals surface area contributed by atoms with E-state index in [2.05, 4.69) is 5.32 Å². The predicted molar refractivity (Wildman–Crippen MR) is 72.3 cm³/mol. The van der Waals surface area contributed by atoms with Crippen LogP contribution in [-0.2, 0) is 9.59 Å². The van der Waals surface area contributed by atoms with Gasteiger partial charge >= 0.3 is 5.97 Å². The SMILES string of the molecule is CC(C)Oc1ccc(NC(=O)C(C)CC(=O)O)cc1. The Kier molecular flexibility index (Phi) is 5.36. The van der Waals surface area contributed by atoms with Crippen LogP contribution in [-0.4, -0.2) is 23.1 Å². The average molecular weight is 265 g/mol. The van der Waals surface area contributed by atoms with Gasteiger partial charge in [0.25, 0.3) is 0 Å². The largest absolute Gasteiger partial charge is 0.491 e. The summed E-state index contributed by atoms with van der Waals surface area (Å²) >= 11 is 0. The zero-order valence-electron chi connectivity index (χ0n) is 11.3. The highest BCUT2D eigenvalue weighted by Gasteiger charge is 2.16. The Balaban J connectivity index is 2.57. The number of benzene rings is 1. The smallest absolute Gasteiger partial charge is 0.304 e. The average Bonchev–Trinajstić information content (AvgIpc) is 2.30. The molecule has 0 aliphatic heterocycles. The molecule has 0 spiro atoms. The monoisotopic (exact) mass is 265 g/mol. The first-order valence-corrected chi connectivity index (χ1v) is 6.18. The number of amides is 1. The summed E-state index contributed by atoms with van der Waals surface area (Å²) in [6.07, 6.45) is -0.0866. The molecular formula is C14H19NO4. The lowest BCUT2D eigenvalue weighted by atomic mass is 10.1. The molecule has 0 radical (unpaired) electrons. The number of carboxylic acid groups (broad SMARTS) is 1. The normalized spacial score (nSPS) is 12.0. The lowest BCUT2D eigenvalue weighted by molar-refractivity contribution is -0.139. The van der Waals surface area contributed by atoms with E-state index in [-0.39, 0.29) is 18.4 Å². The maximum absolute atomic E-state index is 11.7. The molecule has 104 valence electrons.